The summed E-state index contributed by atoms with van der Waals surface area (Å²) in [6.45, 7) is 2.80. The molecule has 0 aliphatic rings. The molecule has 0 atom stereocenters. The highest BCUT2D eigenvalue weighted by molar-refractivity contribution is 5.80. The van der Waals surface area contributed by atoms with Gasteiger partial charge in [-0.1, -0.05) is 24.3 Å². The number of carbonyl (C=O) groups is 2. The Morgan fingerprint density at radius 3 is 2.44 bits per heavy atom. The van der Waals surface area contributed by atoms with Crippen molar-refractivity contribution in [3.05, 3.63) is 35.4 Å². The molecule has 5 heteroatoms. The first-order chi connectivity index (χ1) is 8.63. The van der Waals surface area contributed by atoms with E-state index in [-0.39, 0.29) is 24.9 Å². The minimum absolute atomic E-state index is 0.123. The number of hydrogen-bond donors (Lipinski definition) is 3. The summed E-state index contributed by atoms with van der Waals surface area (Å²) < 4.78 is 0. The summed E-state index contributed by atoms with van der Waals surface area (Å²) in [6, 6.07) is 7.89. The smallest absolute Gasteiger partial charge is 0.234 e. The van der Waals surface area contributed by atoms with Gasteiger partial charge >= 0.3 is 0 Å². The van der Waals surface area contributed by atoms with Crippen LogP contribution < -0.4 is 16.0 Å². The highest BCUT2D eigenvalue weighted by Crippen LogP contribution is 2.05. The van der Waals surface area contributed by atoms with E-state index >= 15 is 0 Å². The molecule has 0 aromatic heterocycles. The molecule has 0 aliphatic heterocycles. The lowest BCUT2D eigenvalue weighted by atomic mass is 10.1. The summed E-state index contributed by atoms with van der Waals surface area (Å²) in [4.78, 5) is 22.4. The van der Waals surface area contributed by atoms with Crippen molar-refractivity contribution in [1.82, 2.24) is 16.0 Å². The van der Waals surface area contributed by atoms with Gasteiger partial charge in [0.25, 0.3) is 0 Å². The molecule has 0 saturated heterocycles. The van der Waals surface area contributed by atoms with Crippen LogP contribution in [0, 0.1) is 6.92 Å². The van der Waals surface area contributed by atoms with Gasteiger partial charge < -0.3 is 10.6 Å². The lowest BCUT2D eigenvalue weighted by molar-refractivity contribution is -0.121. The quantitative estimate of drug-likeness (QED) is 0.662. The topological polar surface area (TPSA) is 70.2 Å². The van der Waals surface area contributed by atoms with E-state index in [0.29, 0.717) is 6.54 Å². The lowest BCUT2D eigenvalue weighted by Crippen LogP contribution is -2.38. The van der Waals surface area contributed by atoms with Crippen molar-refractivity contribution in [2.24, 2.45) is 0 Å². The van der Waals surface area contributed by atoms with Gasteiger partial charge in [0.15, 0.2) is 0 Å². The molecule has 0 radical (unpaired) electrons. The van der Waals surface area contributed by atoms with Gasteiger partial charge in [0, 0.05) is 13.6 Å². The predicted molar refractivity (Wildman–Crippen MR) is 70.0 cm³/mol. The fourth-order valence-corrected chi connectivity index (χ4v) is 1.44. The van der Waals surface area contributed by atoms with E-state index in [0.717, 1.165) is 11.1 Å². The van der Waals surface area contributed by atoms with E-state index in [9.17, 15) is 9.59 Å². The molecule has 0 heterocycles. The Balaban J connectivity index is 2.25. The number of hydrogen-bond acceptors (Lipinski definition) is 3. The molecule has 0 spiro atoms. The minimum Gasteiger partial charge on any atom is -0.358 e. The molecular formula is C13H19N3O2. The normalized spacial score (nSPS) is 9.89. The maximum absolute atomic E-state index is 11.5. The maximum atomic E-state index is 11.5. The highest BCUT2D eigenvalue weighted by Gasteiger charge is 2.03. The van der Waals surface area contributed by atoms with Gasteiger partial charge in [0.1, 0.15) is 0 Å². The molecule has 0 fully saturated rings. The second kappa shape index (κ2) is 7.45. The molecule has 1 aromatic carbocycles. The Morgan fingerprint density at radius 1 is 1.11 bits per heavy atom. The molecule has 98 valence electrons. The van der Waals surface area contributed by atoms with Crippen LogP contribution in [0.1, 0.15) is 11.1 Å². The third-order valence-corrected chi connectivity index (χ3v) is 2.59. The number of carbonyl (C=O) groups excluding carboxylic acids is 2. The fourth-order valence-electron chi connectivity index (χ4n) is 1.44. The van der Waals surface area contributed by atoms with Crippen molar-refractivity contribution < 1.29 is 9.59 Å². The van der Waals surface area contributed by atoms with Crippen molar-refractivity contribution in [2.45, 2.75) is 13.5 Å². The maximum Gasteiger partial charge on any atom is 0.234 e. The SMILES string of the molecule is CNC(=O)CNCC(=O)NCc1ccccc1C. The van der Waals surface area contributed by atoms with Crippen LogP contribution in [-0.2, 0) is 16.1 Å². The fraction of sp³-hybridized carbons (Fsp3) is 0.385. The zero-order chi connectivity index (χ0) is 13.4. The van der Waals surface area contributed by atoms with Crippen molar-refractivity contribution in [1.29, 1.82) is 0 Å². The molecule has 5 nitrogen and oxygen atoms in total. The van der Waals surface area contributed by atoms with Gasteiger partial charge in [0.05, 0.1) is 13.1 Å². The number of likely N-dealkylation sites (N-methyl/N-ethyl adjacent to an activating group) is 1. The molecular weight excluding hydrogens is 230 g/mol. The van der Waals surface area contributed by atoms with Crippen LogP contribution in [0.2, 0.25) is 0 Å². The van der Waals surface area contributed by atoms with Crippen LogP contribution in [0.4, 0.5) is 0 Å². The van der Waals surface area contributed by atoms with Gasteiger partial charge in [-0.05, 0) is 18.1 Å². The summed E-state index contributed by atoms with van der Waals surface area (Å²) in [6.07, 6.45) is 0. The molecule has 3 N–H and O–H groups in total. The minimum atomic E-state index is -0.137. The van der Waals surface area contributed by atoms with Gasteiger partial charge in [-0.15, -0.1) is 0 Å². The molecule has 0 bridgehead atoms. The van der Waals surface area contributed by atoms with E-state index in [1.165, 1.54) is 0 Å². The Morgan fingerprint density at radius 2 is 1.78 bits per heavy atom. The zero-order valence-corrected chi connectivity index (χ0v) is 10.7. The van der Waals surface area contributed by atoms with Gasteiger partial charge in [-0.2, -0.15) is 0 Å². The van der Waals surface area contributed by atoms with Crippen molar-refractivity contribution in [3.63, 3.8) is 0 Å². The average molecular weight is 249 g/mol. The Hall–Kier alpha value is -1.88. The average Bonchev–Trinajstić information content (AvgIpc) is 2.37. The van der Waals surface area contributed by atoms with Crippen molar-refractivity contribution in [3.8, 4) is 0 Å². The van der Waals surface area contributed by atoms with E-state index in [1.807, 2.05) is 31.2 Å². The van der Waals surface area contributed by atoms with Crippen LogP contribution in [0.5, 0.6) is 0 Å². The molecule has 0 saturated carbocycles. The largest absolute Gasteiger partial charge is 0.358 e. The standard InChI is InChI=1S/C13H19N3O2/c1-10-5-3-4-6-11(10)7-16-13(18)9-15-8-12(17)14-2/h3-6,15H,7-9H2,1-2H3,(H,14,17)(H,16,18). The van der Waals surface area contributed by atoms with Crippen molar-refractivity contribution >= 4 is 11.8 Å². The molecule has 18 heavy (non-hydrogen) atoms. The Labute approximate surface area is 107 Å². The third-order valence-electron chi connectivity index (χ3n) is 2.59. The van der Waals surface area contributed by atoms with Crippen molar-refractivity contribution in [2.75, 3.05) is 20.1 Å². The van der Waals surface area contributed by atoms with E-state index in [4.69, 9.17) is 0 Å². The first kappa shape index (κ1) is 14.2. The molecule has 0 unspecified atom stereocenters. The first-order valence-electron chi connectivity index (χ1n) is 5.86. The number of nitrogens with one attached hydrogen (secondary N) is 3. The monoisotopic (exact) mass is 249 g/mol. The van der Waals surface area contributed by atoms with Crippen LogP contribution in [-0.4, -0.2) is 32.0 Å². The van der Waals surface area contributed by atoms with Gasteiger partial charge in [0.2, 0.25) is 11.8 Å². The number of amides is 2. The summed E-state index contributed by atoms with van der Waals surface area (Å²) >= 11 is 0. The van der Waals surface area contributed by atoms with E-state index in [2.05, 4.69) is 16.0 Å². The molecule has 2 amide bonds. The Bertz CT molecular complexity index is 418. The summed E-state index contributed by atoms with van der Waals surface area (Å²) in [7, 11) is 1.56. The first-order valence-corrected chi connectivity index (χ1v) is 5.86. The Kier molecular flexibility index (Phi) is 5.87. The summed E-state index contributed by atoms with van der Waals surface area (Å²) in [5.41, 5.74) is 2.24. The van der Waals surface area contributed by atoms with E-state index in [1.54, 1.807) is 7.05 Å². The summed E-state index contributed by atoms with van der Waals surface area (Å²) in [5.74, 6) is -0.260. The number of rotatable bonds is 6. The second-order valence-electron chi connectivity index (χ2n) is 3.98. The van der Waals surface area contributed by atoms with Gasteiger partial charge in [-0.25, -0.2) is 0 Å². The molecule has 1 rings (SSSR count). The molecule has 1 aromatic rings. The molecule has 0 aliphatic carbocycles. The van der Waals surface area contributed by atoms with Crippen LogP contribution in [0.25, 0.3) is 0 Å². The third kappa shape index (κ3) is 4.97. The zero-order valence-electron chi connectivity index (χ0n) is 10.7. The second-order valence-corrected chi connectivity index (χ2v) is 3.98. The summed E-state index contributed by atoms with van der Waals surface area (Å²) in [5, 5.41) is 8.03. The van der Waals surface area contributed by atoms with Crippen LogP contribution in [0.15, 0.2) is 24.3 Å². The van der Waals surface area contributed by atoms with E-state index < -0.39 is 0 Å². The van der Waals surface area contributed by atoms with Crippen LogP contribution >= 0.6 is 0 Å². The van der Waals surface area contributed by atoms with Gasteiger partial charge in [-0.3, -0.25) is 14.9 Å². The number of benzene rings is 1. The number of aryl methyl sites for hydroxylation is 1. The highest BCUT2D eigenvalue weighted by atomic mass is 16.2. The lowest BCUT2D eigenvalue weighted by Gasteiger charge is -2.08. The predicted octanol–water partition coefficient (Wildman–Crippen LogP) is -0.0532. The van der Waals surface area contributed by atoms with Crippen LogP contribution in [0.3, 0.4) is 0 Å².